The van der Waals surface area contributed by atoms with Crippen LogP contribution >= 0.6 is 7.75 Å². The van der Waals surface area contributed by atoms with Crippen LogP contribution in [0.15, 0.2) is 51.5 Å². The van der Waals surface area contributed by atoms with Crippen LogP contribution in [-0.4, -0.2) is 38.2 Å². The van der Waals surface area contributed by atoms with Crippen molar-refractivity contribution in [1.29, 1.82) is 0 Å². The Hall–Kier alpha value is -2.95. The molecule has 1 saturated heterocycles. The van der Waals surface area contributed by atoms with Crippen molar-refractivity contribution in [3.63, 3.8) is 0 Å². The van der Waals surface area contributed by atoms with Crippen LogP contribution in [0.1, 0.15) is 12.6 Å². The quantitative estimate of drug-likeness (QED) is 0.263. The molecular formula is C14H16N7O6P. The van der Waals surface area contributed by atoms with Gasteiger partial charge in [-0.25, -0.2) is 9.36 Å². The van der Waals surface area contributed by atoms with Crippen molar-refractivity contribution in [2.24, 2.45) is 5.11 Å². The summed E-state index contributed by atoms with van der Waals surface area (Å²) in [4.78, 5) is 41.7. The van der Waals surface area contributed by atoms with E-state index in [4.69, 9.17) is 14.8 Å². The SMILES string of the molecule is [N-]=[N+]=N[C@H]1C[C@H](n2ccc(=O)[nH]c2=O)O[C@@H]1COP(=O)(O)Nc1ccncc1. The molecule has 1 aliphatic rings. The number of nitrogens with one attached hydrogen (secondary N) is 2. The second kappa shape index (κ2) is 8.38. The number of ether oxygens (including phenoxy) is 1. The van der Waals surface area contributed by atoms with Gasteiger partial charge in [-0.15, -0.1) is 0 Å². The lowest BCUT2D eigenvalue weighted by Crippen LogP contribution is -2.31. The van der Waals surface area contributed by atoms with Gasteiger partial charge in [-0.1, -0.05) is 5.11 Å². The number of rotatable bonds is 7. The van der Waals surface area contributed by atoms with Gasteiger partial charge in [-0.05, 0) is 17.7 Å². The van der Waals surface area contributed by atoms with Crippen molar-refractivity contribution >= 4 is 13.4 Å². The van der Waals surface area contributed by atoms with E-state index in [1.807, 2.05) is 0 Å². The normalized spacial score (nSPS) is 23.5. The molecule has 0 aromatic carbocycles. The number of aromatic amines is 1. The van der Waals surface area contributed by atoms with E-state index in [0.29, 0.717) is 5.69 Å². The van der Waals surface area contributed by atoms with E-state index >= 15 is 0 Å². The number of pyridine rings is 1. The van der Waals surface area contributed by atoms with E-state index in [9.17, 15) is 19.0 Å². The molecule has 1 unspecified atom stereocenters. The van der Waals surface area contributed by atoms with Gasteiger partial charge in [0.05, 0.1) is 18.8 Å². The van der Waals surface area contributed by atoms with Crippen molar-refractivity contribution < 1.29 is 18.7 Å². The first-order valence-corrected chi connectivity index (χ1v) is 9.62. The lowest BCUT2D eigenvalue weighted by Gasteiger charge is -2.19. The van der Waals surface area contributed by atoms with Crippen molar-refractivity contribution in [2.45, 2.75) is 24.8 Å². The third-order valence-corrected chi connectivity index (χ3v) is 4.97. The van der Waals surface area contributed by atoms with Gasteiger partial charge in [0.2, 0.25) is 0 Å². The third-order valence-electron chi connectivity index (χ3n) is 3.93. The van der Waals surface area contributed by atoms with Crippen LogP contribution in [0.3, 0.4) is 0 Å². The van der Waals surface area contributed by atoms with Gasteiger partial charge < -0.3 is 9.63 Å². The second-order valence-corrected chi connectivity index (χ2v) is 7.34. The van der Waals surface area contributed by atoms with Crippen LogP contribution in [0.2, 0.25) is 0 Å². The van der Waals surface area contributed by atoms with Crippen LogP contribution in [-0.2, 0) is 13.8 Å². The molecule has 14 heteroatoms. The highest BCUT2D eigenvalue weighted by atomic mass is 31.2. The summed E-state index contributed by atoms with van der Waals surface area (Å²) >= 11 is 0. The Balaban J connectivity index is 1.69. The zero-order chi connectivity index (χ0) is 20.1. The first-order chi connectivity index (χ1) is 13.4. The van der Waals surface area contributed by atoms with Crippen molar-refractivity contribution in [2.75, 3.05) is 11.7 Å². The Labute approximate surface area is 157 Å². The molecule has 148 valence electrons. The Morgan fingerprint density at radius 2 is 2.21 bits per heavy atom. The monoisotopic (exact) mass is 409 g/mol. The highest BCUT2D eigenvalue weighted by molar-refractivity contribution is 7.54. The number of hydrogen-bond acceptors (Lipinski definition) is 7. The van der Waals surface area contributed by atoms with Gasteiger partial charge in [-0.3, -0.25) is 28.9 Å². The van der Waals surface area contributed by atoms with E-state index in [1.165, 1.54) is 30.7 Å². The first kappa shape index (κ1) is 19.8. The average molecular weight is 409 g/mol. The van der Waals surface area contributed by atoms with Crippen LogP contribution in [0.5, 0.6) is 0 Å². The van der Waals surface area contributed by atoms with Crippen molar-refractivity contribution in [3.8, 4) is 0 Å². The van der Waals surface area contributed by atoms with E-state index in [-0.39, 0.29) is 13.0 Å². The molecule has 0 amide bonds. The molecular weight excluding hydrogens is 393 g/mol. The smallest absolute Gasteiger partial charge is 0.352 e. The van der Waals surface area contributed by atoms with E-state index in [2.05, 4.69) is 25.1 Å². The zero-order valence-corrected chi connectivity index (χ0v) is 15.2. The molecule has 0 spiro atoms. The predicted molar refractivity (Wildman–Crippen MR) is 96.4 cm³/mol. The molecule has 0 aliphatic carbocycles. The molecule has 0 saturated carbocycles. The number of H-pyrrole nitrogens is 1. The summed E-state index contributed by atoms with van der Waals surface area (Å²) < 4.78 is 24.0. The van der Waals surface area contributed by atoms with E-state index in [1.54, 1.807) is 0 Å². The van der Waals surface area contributed by atoms with Crippen molar-refractivity contribution in [3.05, 3.63) is 68.1 Å². The van der Waals surface area contributed by atoms with Gasteiger partial charge in [0.15, 0.2) is 0 Å². The maximum absolute atomic E-state index is 12.2. The summed E-state index contributed by atoms with van der Waals surface area (Å²) in [6.45, 7) is -0.371. The average Bonchev–Trinajstić information content (AvgIpc) is 3.03. The highest BCUT2D eigenvalue weighted by Crippen LogP contribution is 2.43. The Bertz CT molecular complexity index is 1030. The highest BCUT2D eigenvalue weighted by Gasteiger charge is 2.37. The molecule has 1 fully saturated rings. The minimum atomic E-state index is -4.23. The molecule has 2 aromatic heterocycles. The van der Waals surface area contributed by atoms with Crippen LogP contribution < -0.4 is 16.3 Å². The number of nitrogens with zero attached hydrogens (tertiary/aromatic N) is 5. The van der Waals surface area contributed by atoms with Crippen LogP contribution in [0.25, 0.3) is 10.4 Å². The number of anilines is 1. The second-order valence-electron chi connectivity index (χ2n) is 5.82. The molecule has 1 aliphatic heterocycles. The fourth-order valence-corrected chi connectivity index (χ4v) is 3.56. The summed E-state index contributed by atoms with van der Waals surface area (Å²) in [7, 11) is -4.23. The summed E-state index contributed by atoms with van der Waals surface area (Å²) in [5.74, 6) is 0. The number of aromatic nitrogens is 3. The van der Waals surface area contributed by atoms with Gasteiger partial charge in [0.25, 0.3) is 5.56 Å². The van der Waals surface area contributed by atoms with E-state index in [0.717, 1.165) is 10.6 Å². The summed E-state index contributed by atoms with van der Waals surface area (Å²) in [5, 5.41) is 5.94. The maximum Gasteiger partial charge on any atom is 0.430 e. The van der Waals surface area contributed by atoms with Crippen LogP contribution in [0, 0.1) is 0 Å². The lowest BCUT2D eigenvalue weighted by atomic mass is 10.1. The first-order valence-electron chi connectivity index (χ1n) is 8.05. The van der Waals surface area contributed by atoms with Gasteiger partial charge in [-0.2, -0.15) is 0 Å². The number of azide groups is 1. The fraction of sp³-hybridized carbons (Fsp3) is 0.357. The Morgan fingerprint density at radius 3 is 2.89 bits per heavy atom. The predicted octanol–water partition coefficient (Wildman–Crippen LogP) is 1.13. The minimum Gasteiger partial charge on any atom is -0.352 e. The Morgan fingerprint density at radius 1 is 1.46 bits per heavy atom. The van der Waals surface area contributed by atoms with Crippen molar-refractivity contribution in [1.82, 2.24) is 14.5 Å². The molecule has 3 N–H and O–H groups in total. The lowest BCUT2D eigenvalue weighted by molar-refractivity contribution is -0.0236. The molecule has 2 aromatic rings. The summed E-state index contributed by atoms with van der Waals surface area (Å²) in [5.41, 5.74) is 7.82. The summed E-state index contributed by atoms with van der Waals surface area (Å²) in [6, 6.07) is 3.38. The van der Waals surface area contributed by atoms with Gasteiger partial charge >= 0.3 is 13.4 Å². The molecule has 0 bridgehead atoms. The molecule has 3 rings (SSSR count). The minimum absolute atomic E-state index is 0.123. The fourth-order valence-electron chi connectivity index (χ4n) is 2.67. The van der Waals surface area contributed by atoms with Crippen LogP contribution in [0.4, 0.5) is 5.69 Å². The molecule has 28 heavy (non-hydrogen) atoms. The van der Waals surface area contributed by atoms with E-state index < -0.39 is 37.4 Å². The van der Waals surface area contributed by atoms with Gasteiger partial charge in [0, 0.05) is 41.7 Å². The standard InChI is InChI=1S/C14H16N7O6P/c15-20-18-10-7-13(21-6-3-12(22)17-14(21)23)27-11(10)8-26-28(24,25)19-9-1-4-16-5-2-9/h1-6,10-11,13H,7-8H2,(H,17,22,23)(H2,16,19,24,25)/t10-,11+,13+/m0/s1. The Kier molecular flexibility index (Phi) is 5.93. The summed E-state index contributed by atoms with van der Waals surface area (Å²) in [6.07, 6.45) is 2.54. The molecule has 13 nitrogen and oxygen atoms in total. The molecule has 4 atom stereocenters. The largest absolute Gasteiger partial charge is 0.430 e. The third kappa shape index (κ3) is 4.85. The topological polar surface area (TPSA) is 184 Å². The molecule has 3 heterocycles. The number of hydrogen-bond donors (Lipinski definition) is 3. The zero-order valence-electron chi connectivity index (χ0n) is 14.3. The maximum atomic E-state index is 12.2. The molecule has 0 radical (unpaired) electrons. The van der Waals surface area contributed by atoms with Gasteiger partial charge in [0.1, 0.15) is 6.23 Å².